The molecular weight excluding hydrogens is 202 g/mol. The van der Waals surface area contributed by atoms with Gasteiger partial charge in [-0.2, -0.15) is 0 Å². The first-order valence-corrected chi connectivity index (χ1v) is 5.66. The Kier molecular flexibility index (Phi) is 2.86. The maximum absolute atomic E-state index is 12.0. The molecule has 1 heterocycles. The van der Waals surface area contributed by atoms with E-state index in [0.717, 1.165) is 18.0 Å². The molecule has 2 rings (SSSR count). The van der Waals surface area contributed by atoms with Gasteiger partial charge in [0.2, 0.25) is 0 Å². The molecular formula is C13H17NO2. The molecule has 1 aliphatic rings. The van der Waals surface area contributed by atoms with Gasteiger partial charge in [-0.25, -0.2) is 0 Å². The van der Waals surface area contributed by atoms with Crippen molar-refractivity contribution < 1.29 is 9.53 Å². The summed E-state index contributed by atoms with van der Waals surface area (Å²) in [6.07, 6.45) is -0.381. The second kappa shape index (κ2) is 4.16. The molecule has 0 radical (unpaired) electrons. The molecule has 0 spiro atoms. The van der Waals surface area contributed by atoms with E-state index in [1.54, 1.807) is 6.92 Å². The van der Waals surface area contributed by atoms with Crippen LogP contribution in [0.3, 0.4) is 0 Å². The molecule has 0 aromatic heterocycles. The van der Waals surface area contributed by atoms with Gasteiger partial charge in [0.1, 0.15) is 5.75 Å². The van der Waals surface area contributed by atoms with Crippen molar-refractivity contribution in [1.29, 1.82) is 0 Å². The Morgan fingerprint density at radius 1 is 1.38 bits per heavy atom. The lowest BCUT2D eigenvalue weighted by atomic mass is 10.1. The highest BCUT2D eigenvalue weighted by Gasteiger charge is 2.31. The average Bonchev–Trinajstić information content (AvgIpc) is 2.24. The topological polar surface area (TPSA) is 29.5 Å². The average molecular weight is 219 g/mol. The number of hydrogen-bond donors (Lipinski definition) is 0. The van der Waals surface area contributed by atoms with Crippen LogP contribution in [0, 0.1) is 5.92 Å². The summed E-state index contributed by atoms with van der Waals surface area (Å²) in [5, 5.41) is 0. The van der Waals surface area contributed by atoms with E-state index in [0.29, 0.717) is 5.92 Å². The van der Waals surface area contributed by atoms with Gasteiger partial charge in [0.25, 0.3) is 5.91 Å². The molecule has 1 aliphatic heterocycles. The maximum Gasteiger partial charge on any atom is 0.267 e. The zero-order valence-corrected chi connectivity index (χ0v) is 9.93. The third kappa shape index (κ3) is 1.90. The molecule has 0 aliphatic carbocycles. The Bertz CT molecular complexity index is 401. The summed E-state index contributed by atoms with van der Waals surface area (Å²) in [6.45, 7) is 6.75. The van der Waals surface area contributed by atoms with Gasteiger partial charge in [-0.1, -0.05) is 26.0 Å². The highest BCUT2D eigenvalue weighted by atomic mass is 16.5. The van der Waals surface area contributed by atoms with Gasteiger partial charge in [0.05, 0.1) is 5.69 Å². The fourth-order valence-electron chi connectivity index (χ4n) is 1.91. The Hall–Kier alpha value is -1.51. The van der Waals surface area contributed by atoms with E-state index in [1.165, 1.54) is 0 Å². The fraction of sp³-hybridized carbons (Fsp3) is 0.462. The first-order valence-electron chi connectivity index (χ1n) is 5.66. The maximum atomic E-state index is 12.0. The molecule has 3 nitrogen and oxygen atoms in total. The highest BCUT2D eigenvalue weighted by molar-refractivity contribution is 5.99. The standard InChI is InChI=1S/C13H17NO2/c1-9(2)8-14-11-6-4-5-7-12(11)16-10(3)13(14)15/h4-7,9-10H,8H2,1-3H3. The summed E-state index contributed by atoms with van der Waals surface area (Å²) in [6, 6.07) is 7.70. The van der Waals surface area contributed by atoms with Crippen LogP contribution in [0.5, 0.6) is 5.75 Å². The van der Waals surface area contributed by atoms with Gasteiger partial charge in [0, 0.05) is 6.54 Å². The molecule has 1 aromatic rings. The molecule has 0 saturated heterocycles. The van der Waals surface area contributed by atoms with Crippen LogP contribution in [0.1, 0.15) is 20.8 Å². The van der Waals surface area contributed by atoms with Crippen LogP contribution < -0.4 is 9.64 Å². The zero-order valence-electron chi connectivity index (χ0n) is 9.93. The van der Waals surface area contributed by atoms with Crippen molar-refractivity contribution in [2.24, 2.45) is 5.92 Å². The molecule has 1 aromatic carbocycles. The number of para-hydroxylation sites is 2. The number of fused-ring (bicyclic) bond motifs is 1. The number of hydrogen-bond acceptors (Lipinski definition) is 2. The van der Waals surface area contributed by atoms with E-state index < -0.39 is 0 Å². The van der Waals surface area contributed by atoms with Crippen molar-refractivity contribution in [1.82, 2.24) is 0 Å². The summed E-state index contributed by atoms with van der Waals surface area (Å²) in [5.41, 5.74) is 0.888. The molecule has 0 N–H and O–H groups in total. The van der Waals surface area contributed by atoms with E-state index in [1.807, 2.05) is 29.2 Å². The quantitative estimate of drug-likeness (QED) is 0.764. The van der Waals surface area contributed by atoms with E-state index in [9.17, 15) is 4.79 Å². The second-order valence-corrected chi connectivity index (χ2v) is 4.57. The number of carbonyl (C=O) groups excluding carboxylic acids is 1. The number of rotatable bonds is 2. The van der Waals surface area contributed by atoms with Crippen molar-refractivity contribution in [3.8, 4) is 5.75 Å². The van der Waals surface area contributed by atoms with Gasteiger partial charge >= 0.3 is 0 Å². The lowest BCUT2D eigenvalue weighted by molar-refractivity contribution is -0.125. The Balaban J connectivity index is 2.38. The Morgan fingerprint density at radius 3 is 2.75 bits per heavy atom. The van der Waals surface area contributed by atoms with Crippen LogP contribution in [-0.4, -0.2) is 18.6 Å². The number of amides is 1. The Morgan fingerprint density at radius 2 is 2.06 bits per heavy atom. The van der Waals surface area contributed by atoms with Crippen LogP contribution in [0.15, 0.2) is 24.3 Å². The third-order valence-corrected chi connectivity index (χ3v) is 2.62. The highest BCUT2D eigenvalue weighted by Crippen LogP contribution is 2.33. The molecule has 0 saturated carbocycles. The number of nitrogens with zero attached hydrogens (tertiary/aromatic N) is 1. The lowest BCUT2D eigenvalue weighted by Crippen LogP contribution is -2.45. The van der Waals surface area contributed by atoms with Gasteiger partial charge < -0.3 is 9.64 Å². The van der Waals surface area contributed by atoms with Gasteiger partial charge in [-0.15, -0.1) is 0 Å². The molecule has 0 fully saturated rings. The number of benzene rings is 1. The molecule has 1 amide bonds. The zero-order chi connectivity index (χ0) is 11.7. The normalized spacial score (nSPS) is 19.6. The molecule has 86 valence electrons. The first kappa shape index (κ1) is 11.0. The summed E-state index contributed by atoms with van der Waals surface area (Å²) >= 11 is 0. The van der Waals surface area contributed by atoms with Crippen molar-refractivity contribution >= 4 is 11.6 Å². The van der Waals surface area contributed by atoms with E-state index in [2.05, 4.69) is 13.8 Å². The lowest BCUT2D eigenvalue weighted by Gasteiger charge is -2.33. The van der Waals surface area contributed by atoms with Crippen LogP contribution in [0.2, 0.25) is 0 Å². The monoisotopic (exact) mass is 219 g/mol. The SMILES string of the molecule is CC(C)CN1C(=O)C(C)Oc2ccccc21. The second-order valence-electron chi connectivity index (χ2n) is 4.57. The van der Waals surface area contributed by atoms with Crippen LogP contribution in [-0.2, 0) is 4.79 Å². The van der Waals surface area contributed by atoms with Gasteiger partial charge in [-0.3, -0.25) is 4.79 Å². The van der Waals surface area contributed by atoms with Crippen LogP contribution in [0.25, 0.3) is 0 Å². The number of anilines is 1. The predicted molar refractivity (Wildman–Crippen MR) is 63.7 cm³/mol. The molecule has 1 atom stereocenters. The summed E-state index contributed by atoms with van der Waals surface area (Å²) in [4.78, 5) is 13.9. The van der Waals surface area contributed by atoms with E-state index in [-0.39, 0.29) is 12.0 Å². The minimum Gasteiger partial charge on any atom is -0.479 e. The predicted octanol–water partition coefficient (Wildman–Crippen LogP) is 2.46. The number of ether oxygens (including phenoxy) is 1. The summed E-state index contributed by atoms with van der Waals surface area (Å²) in [5.74, 6) is 1.30. The third-order valence-electron chi connectivity index (χ3n) is 2.62. The minimum atomic E-state index is -0.381. The fourth-order valence-corrected chi connectivity index (χ4v) is 1.91. The molecule has 16 heavy (non-hydrogen) atoms. The van der Waals surface area contributed by atoms with E-state index >= 15 is 0 Å². The first-order chi connectivity index (χ1) is 7.59. The van der Waals surface area contributed by atoms with Crippen molar-refractivity contribution in [3.63, 3.8) is 0 Å². The largest absolute Gasteiger partial charge is 0.479 e. The number of carbonyl (C=O) groups is 1. The van der Waals surface area contributed by atoms with Crippen molar-refractivity contribution in [2.45, 2.75) is 26.9 Å². The van der Waals surface area contributed by atoms with Crippen LogP contribution in [0.4, 0.5) is 5.69 Å². The van der Waals surface area contributed by atoms with Crippen molar-refractivity contribution in [2.75, 3.05) is 11.4 Å². The van der Waals surface area contributed by atoms with Crippen LogP contribution >= 0.6 is 0 Å². The smallest absolute Gasteiger partial charge is 0.267 e. The van der Waals surface area contributed by atoms with E-state index in [4.69, 9.17) is 4.74 Å². The Labute approximate surface area is 96.0 Å². The molecule has 0 bridgehead atoms. The summed E-state index contributed by atoms with van der Waals surface area (Å²) < 4.78 is 5.56. The molecule has 1 unspecified atom stereocenters. The van der Waals surface area contributed by atoms with Gasteiger partial charge in [-0.05, 0) is 25.0 Å². The van der Waals surface area contributed by atoms with Gasteiger partial charge in [0.15, 0.2) is 6.10 Å². The molecule has 3 heteroatoms. The summed E-state index contributed by atoms with van der Waals surface area (Å²) in [7, 11) is 0. The van der Waals surface area contributed by atoms with Crippen molar-refractivity contribution in [3.05, 3.63) is 24.3 Å². The minimum absolute atomic E-state index is 0.0485.